The summed E-state index contributed by atoms with van der Waals surface area (Å²) in [6.45, 7) is 5.34. The van der Waals surface area contributed by atoms with Gasteiger partial charge in [0.05, 0.1) is 11.3 Å². The third-order valence-electron chi connectivity index (χ3n) is 3.69. The molecule has 0 aliphatic heterocycles. The number of nitriles is 1. The summed E-state index contributed by atoms with van der Waals surface area (Å²) >= 11 is 0. The lowest BCUT2D eigenvalue weighted by molar-refractivity contribution is 0.532. The van der Waals surface area contributed by atoms with Gasteiger partial charge in [0.25, 0.3) is 0 Å². The Bertz CT molecular complexity index is 470. The first-order valence-corrected chi connectivity index (χ1v) is 7.04. The minimum absolute atomic E-state index is 0.520. The van der Waals surface area contributed by atoms with Crippen LogP contribution < -0.4 is 10.6 Å². The number of hydrogen-bond acceptors (Lipinski definition) is 4. The van der Waals surface area contributed by atoms with Crippen molar-refractivity contribution >= 4 is 11.5 Å². The van der Waals surface area contributed by atoms with E-state index >= 15 is 0 Å². The van der Waals surface area contributed by atoms with Crippen molar-refractivity contribution in [2.45, 2.75) is 45.6 Å². The minimum atomic E-state index is 0.520. The first-order valence-electron chi connectivity index (χ1n) is 7.04. The largest absolute Gasteiger partial charge is 0.395 e. The molecule has 0 spiro atoms. The van der Waals surface area contributed by atoms with Crippen LogP contribution in [0.1, 0.15) is 45.1 Å². The number of pyridine rings is 1. The van der Waals surface area contributed by atoms with Crippen LogP contribution in [0.4, 0.5) is 11.5 Å². The number of nitrogens with two attached hydrogens (primary N) is 1. The molecule has 2 rings (SSSR count). The molecule has 0 aromatic carbocycles. The van der Waals surface area contributed by atoms with Gasteiger partial charge in [-0.2, -0.15) is 5.26 Å². The Balaban J connectivity index is 2.34. The zero-order valence-corrected chi connectivity index (χ0v) is 11.8. The average Bonchev–Trinajstić information content (AvgIpc) is 2.90. The summed E-state index contributed by atoms with van der Waals surface area (Å²) in [5, 5.41) is 9.10. The van der Waals surface area contributed by atoms with Gasteiger partial charge < -0.3 is 10.6 Å². The van der Waals surface area contributed by atoms with Crippen LogP contribution in [0.2, 0.25) is 0 Å². The van der Waals surface area contributed by atoms with Gasteiger partial charge in [0, 0.05) is 18.8 Å². The molecule has 0 saturated heterocycles. The van der Waals surface area contributed by atoms with Crippen molar-refractivity contribution in [2.75, 3.05) is 17.2 Å². The maximum atomic E-state index is 9.10. The third kappa shape index (κ3) is 2.98. The van der Waals surface area contributed by atoms with Crippen molar-refractivity contribution in [1.29, 1.82) is 5.26 Å². The molecule has 19 heavy (non-hydrogen) atoms. The fraction of sp³-hybridized carbons (Fsp3) is 0.600. The van der Waals surface area contributed by atoms with E-state index in [0.717, 1.165) is 12.4 Å². The molecule has 1 saturated carbocycles. The molecule has 102 valence electrons. The first-order chi connectivity index (χ1) is 9.13. The van der Waals surface area contributed by atoms with Crippen molar-refractivity contribution < 1.29 is 0 Å². The van der Waals surface area contributed by atoms with Crippen LogP contribution in [0.5, 0.6) is 0 Å². The summed E-state index contributed by atoms with van der Waals surface area (Å²) in [6, 6.07) is 4.34. The van der Waals surface area contributed by atoms with Crippen LogP contribution in [-0.4, -0.2) is 17.6 Å². The quantitative estimate of drug-likeness (QED) is 0.901. The lowest BCUT2D eigenvalue weighted by atomic mass is 10.1. The topological polar surface area (TPSA) is 65.9 Å². The Labute approximate surface area is 115 Å². The van der Waals surface area contributed by atoms with Crippen LogP contribution in [0.3, 0.4) is 0 Å². The molecule has 4 nitrogen and oxygen atoms in total. The predicted molar refractivity (Wildman–Crippen MR) is 77.8 cm³/mol. The molecule has 1 aliphatic rings. The third-order valence-corrected chi connectivity index (χ3v) is 3.69. The van der Waals surface area contributed by atoms with Gasteiger partial charge in [0.2, 0.25) is 0 Å². The molecule has 0 bridgehead atoms. The van der Waals surface area contributed by atoms with E-state index in [1.807, 2.05) is 0 Å². The number of nitrogens with zero attached hydrogens (tertiary/aromatic N) is 3. The fourth-order valence-electron chi connectivity index (χ4n) is 2.81. The second-order valence-corrected chi connectivity index (χ2v) is 5.69. The molecular weight excluding hydrogens is 236 g/mol. The van der Waals surface area contributed by atoms with E-state index < -0.39 is 0 Å². The second-order valence-electron chi connectivity index (χ2n) is 5.69. The van der Waals surface area contributed by atoms with E-state index in [1.165, 1.54) is 25.7 Å². The Morgan fingerprint density at radius 2 is 2.16 bits per heavy atom. The smallest absolute Gasteiger partial charge is 0.153 e. The Hall–Kier alpha value is -1.76. The van der Waals surface area contributed by atoms with Crippen LogP contribution in [0, 0.1) is 17.2 Å². The van der Waals surface area contributed by atoms with Crippen molar-refractivity contribution in [3.8, 4) is 6.07 Å². The van der Waals surface area contributed by atoms with Crippen LogP contribution in [0.25, 0.3) is 0 Å². The van der Waals surface area contributed by atoms with Gasteiger partial charge in [-0.05, 0) is 24.8 Å². The molecule has 1 heterocycles. The van der Waals surface area contributed by atoms with E-state index in [1.54, 1.807) is 12.3 Å². The maximum absolute atomic E-state index is 9.10. The Kier molecular flexibility index (Phi) is 4.26. The SMILES string of the molecule is CC(C)CN(c1nccc(C#N)c1N)C1CCCC1. The molecule has 0 radical (unpaired) electrons. The standard InChI is InChI=1S/C15H22N4/c1-11(2)10-19(13-5-3-4-6-13)15-14(17)12(9-16)7-8-18-15/h7-8,11,13H,3-6,10,17H2,1-2H3. The molecule has 0 amide bonds. The van der Waals surface area contributed by atoms with Crippen molar-refractivity contribution in [3.05, 3.63) is 17.8 Å². The molecule has 1 aliphatic carbocycles. The van der Waals surface area contributed by atoms with E-state index in [4.69, 9.17) is 11.0 Å². The number of aromatic nitrogens is 1. The highest BCUT2D eigenvalue weighted by molar-refractivity contribution is 5.70. The fourth-order valence-corrected chi connectivity index (χ4v) is 2.81. The average molecular weight is 258 g/mol. The van der Waals surface area contributed by atoms with Crippen molar-refractivity contribution in [2.24, 2.45) is 5.92 Å². The zero-order valence-electron chi connectivity index (χ0n) is 11.8. The molecule has 0 unspecified atom stereocenters. The summed E-state index contributed by atoms with van der Waals surface area (Å²) in [6.07, 6.45) is 6.63. The summed E-state index contributed by atoms with van der Waals surface area (Å²) < 4.78 is 0. The number of rotatable bonds is 4. The highest BCUT2D eigenvalue weighted by atomic mass is 15.2. The van der Waals surface area contributed by atoms with Gasteiger partial charge >= 0.3 is 0 Å². The van der Waals surface area contributed by atoms with E-state index in [-0.39, 0.29) is 0 Å². The number of anilines is 2. The van der Waals surface area contributed by atoms with Gasteiger partial charge in [-0.3, -0.25) is 0 Å². The molecule has 4 heteroatoms. The minimum Gasteiger partial charge on any atom is -0.395 e. The van der Waals surface area contributed by atoms with E-state index in [0.29, 0.717) is 23.2 Å². The predicted octanol–water partition coefficient (Wildman–Crippen LogP) is 2.94. The van der Waals surface area contributed by atoms with Gasteiger partial charge in [-0.25, -0.2) is 4.98 Å². The molecule has 1 aromatic rings. The summed E-state index contributed by atoms with van der Waals surface area (Å²) in [7, 11) is 0. The van der Waals surface area contributed by atoms with Gasteiger partial charge in [0.1, 0.15) is 6.07 Å². The molecule has 1 aromatic heterocycles. The maximum Gasteiger partial charge on any atom is 0.153 e. The van der Waals surface area contributed by atoms with Crippen LogP contribution in [0.15, 0.2) is 12.3 Å². The number of hydrogen-bond donors (Lipinski definition) is 1. The lowest BCUT2D eigenvalue weighted by Crippen LogP contribution is -2.37. The first kappa shape index (κ1) is 13.7. The summed E-state index contributed by atoms with van der Waals surface area (Å²) in [4.78, 5) is 6.75. The highest BCUT2D eigenvalue weighted by Gasteiger charge is 2.26. The number of nitrogen functional groups attached to an aromatic ring is 1. The molecule has 2 N–H and O–H groups in total. The van der Waals surface area contributed by atoms with Crippen LogP contribution >= 0.6 is 0 Å². The molecular formula is C15H22N4. The summed E-state index contributed by atoms with van der Waals surface area (Å²) in [5.74, 6) is 1.34. The summed E-state index contributed by atoms with van der Waals surface area (Å²) in [5.41, 5.74) is 7.16. The van der Waals surface area contributed by atoms with Crippen molar-refractivity contribution in [1.82, 2.24) is 4.98 Å². The normalized spacial score (nSPS) is 15.7. The Morgan fingerprint density at radius 3 is 2.74 bits per heavy atom. The zero-order chi connectivity index (χ0) is 13.8. The molecule has 0 atom stereocenters. The Morgan fingerprint density at radius 1 is 1.47 bits per heavy atom. The monoisotopic (exact) mass is 258 g/mol. The molecule has 1 fully saturated rings. The van der Waals surface area contributed by atoms with Gasteiger partial charge in [-0.1, -0.05) is 26.7 Å². The van der Waals surface area contributed by atoms with Crippen molar-refractivity contribution in [3.63, 3.8) is 0 Å². The van der Waals surface area contributed by atoms with Gasteiger partial charge in [0.15, 0.2) is 5.82 Å². The van der Waals surface area contributed by atoms with E-state index in [2.05, 4.69) is 29.8 Å². The van der Waals surface area contributed by atoms with Crippen LogP contribution in [-0.2, 0) is 0 Å². The lowest BCUT2D eigenvalue weighted by Gasteiger charge is -2.32. The second kappa shape index (κ2) is 5.92. The highest BCUT2D eigenvalue weighted by Crippen LogP contribution is 2.32. The van der Waals surface area contributed by atoms with Gasteiger partial charge in [-0.15, -0.1) is 0 Å². The van der Waals surface area contributed by atoms with E-state index in [9.17, 15) is 0 Å².